The van der Waals surface area contributed by atoms with Gasteiger partial charge in [0.15, 0.2) is 0 Å². The number of rotatable bonds is 23. The number of amides is 2. The molecule has 2 amide bonds. The molecule has 6 N–H and O–H groups in total. The number of nitrogens with two attached hydrogens (primary N) is 2. The molecule has 0 aliphatic carbocycles. The van der Waals surface area contributed by atoms with Crippen LogP contribution in [0.15, 0.2) is 30.5 Å². The van der Waals surface area contributed by atoms with Gasteiger partial charge < -0.3 is 21.8 Å². The van der Waals surface area contributed by atoms with Crippen LogP contribution < -0.4 is 16.8 Å². The van der Waals surface area contributed by atoms with Crippen LogP contribution in [-0.4, -0.2) is 41.0 Å². The summed E-state index contributed by atoms with van der Waals surface area (Å²) in [6.07, 6.45) is 10.4. The Morgan fingerprint density at radius 2 is 1.62 bits per heavy atom. The number of ketones is 2. The standard InChI is InChI=1S/C34H54N4O4/c1-4-9-29(39)21-25(20-27-23-37-32-12-6-5-11-31(27)32)13-18-34(42)38-28(10-7-8-19-35)15-16-30(40)22-26(24(2)3)14-17-33(36)41/h5-6,11-12,23-26,28,37H,4,7-10,13-22,35H2,1-3H3,(H2,36,41)(H,38,42)/t25-,26+,28+/m1/s1. The molecule has 2 rings (SSSR count). The third-order valence-electron chi connectivity index (χ3n) is 8.35. The number of carbonyl (C=O) groups excluding carboxylic acids is 4. The molecule has 0 bridgehead atoms. The SMILES string of the molecule is CCCC(=O)C[C@H](CCC(=O)N[C@@H](CCCCN)CCC(=O)C[C@H](CCC(N)=O)C(C)C)Cc1c[nH]c2ccccc12. The van der Waals surface area contributed by atoms with Gasteiger partial charge in [0.1, 0.15) is 11.6 Å². The highest BCUT2D eigenvalue weighted by molar-refractivity contribution is 5.83. The smallest absolute Gasteiger partial charge is 0.220 e. The van der Waals surface area contributed by atoms with E-state index in [9.17, 15) is 19.2 Å². The van der Waals surface area contributed by atoms with E-state index < -0.39 is 0 Å². The molecular weight excluding hydrogens is 528 g/mol. The first-order valence-corrected chi connectivity index (χ1v) is 16.0. The first kappa shape index (κ1) is 35.2. The van der Waals surface area contributed by atoms with E-state index >= 15 is 0 Å². The quantitative estimate of drug-likeness (QED) is 0.123. The Kier molecular flexibility index (Phi) is 16.1. The Morgan fingerprint density at radius 3 is 2.31 bits per heavy atom. The number of nitrogens with one attached hydrogen (secondary N) is 2. The van der Waals surface area contributed by atoms with Crippen LogP contribution in [-0.2, 0) is 25.6 Å². The summed E-state index contributed by atoms with van der Waals surface area (Å²) in [5.74, 6) is 0.526. The van der Waals surface area contributed by atoms with Gasteiger partial charge in [-0.15, -0.1) is 0 Å². The topological polar surface area (TPSA) is 148 Å². The molecule has 0 aliphatic rings. The zero-order valence-corrected chi connectivity index (χ0v) is 26.1. The summed E-state index contributed by atoms with van der Waals surface area (Å²) >= 11 is 0. The van der Waals surface area contributed by atoms with Gasteiger partial charge in [-0.2, -0.15) is 0 Å². The van der Waals surface area contributed by atoms with Crippen molar-refractivity contribution in [3.63, 3.8) is 0 Å². The number of primary amides is 1. The van der Waals surface area contributed by atoms with Crippen LogP contribution >= 0.6 is 0 Å². The monoisotopic (exact) mass is 582 g/mol. The number of carbonyl (C=O) groups is 4. The number of para-hydroxylation sites is 1. The third kappa shape index (κ3) is 13.3. The van der Waals surface area contributed by atoms with E-state index in [2.05, 4.69) is 30.2 Å². The number of aromatic amines is 1. The molecule has 234 valence electrons. The second kappa shape index (κ2) is 19.2. The predicted molar refractivity (Wildman–Crippen MR) is 170 cm³/mol. The lowest BCUT2D eigenvalue weighted by molar-refractivity contribution is -0.124. The van der Waals surface area contributed by atoms with Crippen molar-refractivity contribution < 1.29 is 19.2 Å². The predicted octanol–water partition coefficient (Wildman–Crippen LogP) is 5.76. The van der Waals surface area contributed by atoms with Crippen LogP contribution in [0.1, 0.15) is 110 Å². The van der Waals surface area contributed by atoms with Crippen molar-refractivity contribution in [1.29, 1.82) is 0 Å². The molecule has 1 heterocycles. The van der Waals surface area contributed by atoms with Crippen LogP contribution in [0.3, 0.4) is 0 Å². The highest BCUT2D eigenvalue weighted by atomic mass is 16.2. The second-order valence-corrected chi connectivity index (χ2v) is 12.3. The molecule has 0 saturated heterocycles. The minimum absolute atomic E-state index is 0.0337. The fourth-order valence-corrected chi connectivity index (χ4v) is 5.78. The van der Waals surface area contributed by atoms with Crippen LogP contribution in [0.4, 0.5) is 0 Å². The van der Waals surface area contributed by atoms with E-state index in [0.717, 1.165) is 43.0 Å². The lowest BCUT2D eigenvalue weighted by Crippen LogP contribution is -2.35. The molecule has 2 aromatic rings. The number of hydrogen-bond acceptors (Lipinski definition) is 5. The maximum Gasteiger partial charge on any atom is 0.220 e. The van der Waals surface area contributed by atoms with Crippen molar-refractivity contribution in [2.45, 2.75) is 117 Å². The fourth-order valence-electron chi connectivity index (χ4n) is 5.78. The minimum Gasteiger partial charge on any atom is -0.370 e. The van der Waals surface area contributed by atoms with Crippen molar-refractivity contribution in [2.75, 3.05) is 6.54 Å². The number of benzene rings is 1. The minimum atomic E-state index is -0.339. The molecule has 8 nitrogen and oxygen atoms in total. The van der Waals surface area contributed by atoms with Crippen molar-refractivity contribution in [3.05, 3.63) is 36.0 Å². The summed E-state index contributed by atoms with van der Waals surface area (Å²) in [7, 11) is 0. The van der Waals surface area contributed by atoms with Crippen LogP contribution in [0, 0.1) is 17.8 Å². The number of fused-ring (bicyclic) bond motifs is 1. The number of hydrogen-bond donors (Lipinski definition) is 4. The van der Waals surface area contributed by atoms with E-state index in [1.54, 1.807) is 0 Å². The van der Waals surface area contributed by atoms with Crippen molar-refractivity contribution >= 4 is 34.3 Å². The Bertz CT molecular complexity index is 1130. The van der Waals surface area contributed by atoms with Gasteiger partial charge >= 0.3 is 0 Å². The molecule has 1 aromatic carbocycles. The molecule has 8 heteroatoms. The van der Waals surface area contributed by atoms with Crippen LogP contribution in [0.5, 0.6) is 0 Å². The van der Waals surface area contributed by atoms with Gasteiger partial charge in [0.2, 0.25) is 11.8 Å². The normalized spacial score (nSPS) is 13.6. The Balaban J connectivity index is 1.97. The first-order valence-electron chi connectivity index (χ1n) is 16.0. The summed E-state index contributed by atoms with van der Waals surface area (Å²) < 4.78 is 0. The van der Waals surface area contributed by atoms with E-state index in [1.165, 1.54) is 5.56 Å². The number of unbranched alkanes of at least 4 members (excludes halogenated alkanes) is 1. The van der Waals surface area contributed by atoms with Gasteiger partial charge in [0.25, 0.3) is 0 Å². The van der Waals surface area contributed by atoms with Crippen LogP contribution in [0.2, 0.25) is 0 Å². The van der Waals surface area contributed by atoms with E-state index in [1.807, 2.05) is 31.3 Å². The zero-order valence-electron chi connectivity index (χ0n) is 26.1. The van der Waals surface area contributed by atoms with Gasteiger partial charge in [-0.3, -0.25) is 19.2 Å². The Labute approximate surface area is 252 Å². The van der Waals surface area contributed by atoms with E-state index in [0.29, 0.717) is 64.3 Å². The molecule has 0 spiro atoms. The lowest BCUT2D eigenvalue weighted by atomic mass is 9.85. The third-order valence-corrected chi connectivity index (χ3v) is 8.35. The van der Waals surface area contributed by atoms with E-state index in [-0.39, 0.29) is 47.2 Å². The summed E-state index contributed by atoms with van der Waals surface area (Å²) in [5, 5.41) is 4.35. The number of Topliss-reactive ketones (excluding diaryl/α,β-unsaturated/α-hetero) is 2. The number of aromatic nitrogens is 1. The molecule has 0 fully saturated rings. The molecule has 0 saturated carbocycles. The maximum absolute atomic E-state index is 13.1. The van der Waals surface area contributed by atoms with Crippen molar-refractivity contribution in [3.8, 4) is 0 Å². The Hall–Kier alpha value is -3.00. The zero-order chi connectivity index (χ0) is 30.9. The largest absolute Gasteiger partial charge is 0.370 e. The molecular formula is C34H54N4O4. The van der Waals surface area contributed by atoms with Crippen LogP contribution in [0.25, 0.3) is 10.9 Å². The van der Waals surface area contributed by atoms with Gasteiger partial charge in [0.05, 0.1) is 0 Å². The van der Waals surface area contributed by atoms with Crippen molar-refractivity contribution in [1.82, 2.24) is 10.3 Å². The number of H-pyrrole nitrogens is 1. The second-order valence-electron chi connectivity index (χ2n) is 12.3. The lowest BCUT2D eigenvalue weighted by Gasteiger charge is -2.22. The Morgan fingerprint density at radius 1 is 0.881 bits per heavy atom. The molecule has 0 aliphatic heterocycles. The average molecular weight is 583 g/mol. The summed E-state index contributed by atoms with van der Waals surface area (Å²) in [5.41, 5.74) is 13.3. The molecule has 1 aromatic heterocycles. The first-order chi connectivity index (χ1) is 20.1. The summed E-state index contributed by atoms with van der Waals surface area (Å²) in [6.45, 7) is 6.74. The van der Waals surface area contributed by atoms with E-state index in [4.69, 9.17) is 11.5 Å². The highest BCUT2D eigenvalue weighted by Crippen LogP contribution is 2.26. The highest BCUT2D eigenvalue weighted by Gasteiger charge is 2.22. The average Bonchev–Trinajstić information content (AvgIpc) is 3.35. The molecule has 3 atom stereocenters. The maximum atomic E-state index is 13.1. The molecule has 0 radical (unpaired) electrons. The molecule has 42 heavy (non-hydrogen) atoms. The fraction of sp³-hybridized carbons (Fsp3) is 0.647. The van der Waals surface area contributed by atoms with Crippen molar-refractivity contribution in [2.24, 2.45) is 29.2 Å². The summed E-state index contributed by atoms with van der Waals surface area (Å²) in [6, 6.07) is 8.06. The summed E-state index contributed by atoms with van der Waals surface area (Å²) in [4.78, 5) is 53.1. The van der Waals surface area contributed by atoms with Gasteiger partial charge in [-0.1, -0.05) is 45.4 Å². The van der Waals surface area contributed by atoms with Gasteiger partial charge in [-0.25, -0.2) is 0 Å². The molecule has 0 unspecified atom stereocenters. The van der Waals surface area contributed by atoms with Gasteiger partial charge in [-0.05, 0) is 80.9 Å². The van der Waals surface area contributed by atoms with Gasteiger partial charge in [0, 0.05) is 61.7 Å².